The maximum absolute atomic E-state index is 8.82. The number of rotatable bonds is 5. The van der Waals surface area contributed by atoms with E-state index < -0.39 is 18.7 Å². The third-order valence-electron chi connectivity index (χ3n) is 3.81. The molecule has 0 N–H and O–H groups in total. The minimum Gasteiger partial charge on any atom is -0.192 e. The lowest BCUT2D eigenvalue weighted by Gasteiger charge is -2.28. The topological polar surface area (TPSA) is 23.8 Å². The molecule has 0 aliphatic heterocycles. The quantitative estimate of drug-likeness (QED) is 0.722. The fourth-order valence-electron chi connectivity index (χ4n) is 2.64. The van der Waals surface area contributed by atoms with Crippen LogP contribution in [0, 0.1) is 23.2 Å². The zero-order valence-electron chi connectivity index (χ0n) is 15.7. The second-order valence-corrected chi connectivity index (χ2v) is 5.37. The smallest absolute Gasteiger partial charge is 0.0991 e. The van der Waals surface area contributed by atoms with Gasteiger partial charge in [0.15, 0.2) is 0 Å². The van der Waals surface area contributed by atoms with Gasteiger partial charge in [-0.25, -0.2) is 0 Å². The molecule has 1 nitrogen and oxygen atoms in total. The van der Waals surface area contributed by atoms with Crippen molar-refractivity contribution >= 4 is 0 Å². The molecule has 1 aromatic rings. The lowest BCUT2D eigenvalue weighted by Crippen LogP contribution is -2.15. The first-order valence-corrected chi connectivity index (χ1v) is 7.27. The fraction of sp³-hybridized carbons (Fsp3) is 0.611. The van der Waals surface area contributed by atoms with Crippen molar-refractivity contribution in [3.05, 3.63) is 35.4 Å². The van der Waals surface area contributed by atoms with E-state index in [1.54, 1.807) is 12.1 Å². The van der Waals surface area contributed by atoms with Crippen LogP contribution in [0.1, 0.15) is 68.4 Å². The van der Waals surface area contributed by atoms with Crippen LogP contribution in [-0.4, -0.2) is 0 Å². The second kappa shape index (κ2) is 7.34. The molecule has 0 amide bonds. The number of nitriles is 1. The fourth-order valence-corrected chi connectivity index (χ4v) is 2.64. The molecule has 1 aromatic carbocycles. The van der Waals surface area contributed by atoms with Crippen LogP contribution in [0.2, 0.25) is 0 Å². The third kappa shape index (κ3) is 4.39. The monoisotopic (exact) mass is 259 g/mol. The number of hydrogen-bond acceptors (Lipinski definition) is 1. The van der Waals surface area contributed by atoms with E-state index in [0.29, 0.717) is 31.2 Å². The Bertz CT molecular complexity index is 541. The molecule has 19 heavy (non-hydrogen) atoms. The van der Waals surface area contributed by atoms with E-state index in [1.165, 1.54) is 0 Å². The van der Waals surface area contributed by atoms with Crippen LogP contribution >= 0.6 is 0 Å². The predicted molar refractivity (Wildman–Crippen MR) is 79.8 cm³/mol. The van der Waals surface area contributed by atoms with E-state index in [9.17, 15) is 0 Å². The van der Waals surface area contributed by atoms with E-state index in [4.69, 9.17) is 10.7 Å². The molecule has 0 saturated heterocycles. The van der Waals surface area contributed by atoms with Gasteiger partial charge in [0.05, 0.1) is 11.6 Å². The van der Waals surface area contributed by atoms with E-state index in [0.717, 1.165) is 18.4 Å². The number of nitrogens with zero attached hydrogens (tertiary/aromatic N) is 1. The third-order valence-corrected chi connectivity index (χ3v) is 3.81. The van der Waals surface area contributed by atoms with Gasteiger partial charge in [-0.15, -0.1) is 0 Å². The zero-order valence-corrected chi connectivity index (χ0v) is 11.7. The van der Waals surface area contributed by atoms with E-state index in [1.807, 2.05) is 12.1 Å². The molecule has 0 radical (unpaired) electrons. The van der Waals surface area contributed by atoms with Gasteiger partial charge in [0.1, 0.15) is 0 Å². The Kier molecular flexibility index (Phi) is 3.70. The maximum atomic E-state index is 8.82. The number of benzene rings is 1. The summed E-state index contributed by atoms with van der Waals surface area (Å²) in [5.41, 5.74) is 1.64. The standard InChI is InChI=1S/C18H25N/c1-2-3-15-4-6-16(7-5-15)8-9-17-10-12-18(14-19)13-11-17/h10-13,15-16H,2-9H2,1H3/t15-,16-/i6D2,7D2. The highest BCUT2D eigenvalue weighted by Crippen LogP contribution is 2.33. The van der Waals surface area contributed by atoms with Crippen molar-refractivity contribution in [1.82, 2.24) is 0 Å². The summed E-state index contributed by atoms with van der Waals surface area (Å²) in [5.74, 6) is -0.421. The lowest BCUT2D eigenvalue weighted by atomic mass is 9.78. The summed E-state index contributed by atoms with van der Waals surface area (Å²) >= 11 is 0. The van der Waals surface area contributed by atoms with Gasteiger partial charge >= 0.3 is 0 Å². The summed E-state index contributed by atoms with van der Waals surface area (Å²) in [4.78, 5) is 0. The van der Waals surface area contributed by atoms with Crippen LogP contribution in [0.15, 0.2) is 24.3 Å². The average molecular weight is 259 g/mol. The molecule has 1 heteroatoms. The van der Waals surface area contributed by atoms with Crippen molar-refractivity contribution in [2.45, 2.75) is 58.2 Å². The summed E-state index contributed by atoms with van der Waals surface area (Å²) in [6.07, 6.45) is 1.08. The van der Waals surface area contributed by atoms with Gasteiger partial charge in [-0.2, -0.15) is 5.26 Å². The SMILES string of the molecule is [2H]C1([2H])C[C@H](CCC)CC([2H])([2H])[C@H]1CCc1ccc(C#N)cc1. The minimum atomic E-state index is -1.45. The summed E-state index contributed by atoms with van der Waals surface area (Å²) in [5, 5.41) is 8.82. The highest BCUT2D eigenvalue weighted by Gasteiger charge is 2.20. The second-order valence-electron chi connectivity index (χ2n) is 5.37. The van der Waals surface area contributed by atoms with Crippen molar-refractivity contribution in [1.29, 1.82) is 5.26 Å². The Morgan fingerprint density at radius 1 is 1.16 bits per heavy atom. The van der Waals surface area contributed by atoms with Crippen molar-refractivity contribution in [3.8, 4) is 6.07 Å². The van der Waals surface area contributed by atoms with Crippen LogP contribution < -0.4 is 0 Å². The first-order valence-electron chi connectivity index (χ1n) is 9.27. The predicted octanol–water partition coefficient (Wildman–Crippen LogP) is 5.10. The molecular formula is C18H25N. The molecule has 0 atom stereocenters. The lowest BCUT2D eigenvalue weighted by molar-refractivity contribution is 0.252. The van der Waals surface area contributed by atoms with Gasteiger partial charge < -0.3 is 0 Å². The van der Waals surface area contributed by atoms with Gasteiger partial charge in [-0.05, 0) is 42.4 Å². The molecule has 0 unspecified atom stereocenters. The van der Waals surface area contributed by atoms with Crippen molar-refractivity contribution in [2.24, 2.45) is 11.8 Å². The molecule has 0 aromatic heterocycles. The average Bonchev–Trinajstić information content (AvgIpc) is 2.46. The van der Waals surface area contributed by atoms with Crippen LogP contribution in [0.25, 0.3) is 0 Å². The molecule has 1 fully saturated rings. The van der Waals surface area contributed by atoms with Crippen molar-refractivity contribution in [3.63, 3.8) is 0 Å². The molecule has 2 rings (SSSR count). The molecule has 0 bridgehead atoms. The van der Waals surface area contributed by atoms with Crippen LogP contribution in [-0.2, 0) is 6.42 Å². The first kappa shape index (κ1) is 9.59. The first-order chi connectivity index (χ1) is 10.8. The van der Waals surface area contributed by atoms with Gasteiger partial charge in [-0.3, -0.25) is 0 Å². The van der Waals surface area contributed by atoms with Gasteiger partial charge in [0.25, 0.3) is 0 Å². The summed E-state index contributed by atoms with van der Waals surface area (Å²) in [7, 11) is 0. The zero-order chi connectivity index (χ0) is 17.1. The maximum Gasteiger partial charge on any atom is 0.0991 e. The van der Waals surface area contributed by atoms with Gasteiger partial charge in [-0.1, -0.05) is 57.5 Å². The van der Waals surface area contributed by atoms with E-state index in [-0.39, 0.29) is 5.92 Å². The highest BCUT2D eigenvalue weighted by atomic mass is 14.3. The number of hydrogen-bond donors (Lipinski definition) is 0. The molecule has 1 aliphatic carbocycles. The Morgan fingerprint density at radius 2 is 1.84 bits per heavy atom. The molecular weight excluding hydrogens is 230 g/mol. The van der Waals surface area contributed by atoms with E-state index in [2.05, 4.69) is 13.0 Å². The molecule has 1 saturated carbocycles. The molecule has 0 heterocycles. The summed E-state index contributed by atoms with van der Waals surface area (Å²) in [6.45, 7) is 2.07. The Balaban J connectivity index is 2.06. The van der Waals surface area contributed by atoms with Crippen LogP contribution in [0.3, 0.4) is 0 Å². The molecule has 0 spiro atoms. The normalized spacial score (nSPS) is 31.4. The minimum absolute atomic E-state index is 0.149. The number of aryl methyl sites for hydroxylation is 1. The summed E-state index contributed by atoms with van der Waals surface area (Å²) in [6, 6.07) is 9.37. The Hall–Kier alpha value is -1.29. The van der Waals surface area contributed by atoms with Gasteiger partial charge in [0.2, 0.25) is 0 Å². The van der Waals surface area contributed by atoms with Crippen LogP contribution in [0.4, 0.5) is 0 Å². The largest absolute Gasteiger partial charge is 0.192 e. The Labute approximate surface area is 123 Å². The van der Waals surface area contributed by atoms with E-state index >= 15 is 0 Å². The Morgan fingerprint density at radius 3 is 2.42 bits per heavy atom. The van der Waals surface area contributed by atoms with Gasteiger partial charge in [0, 0.05) is 5.48 Å². The van der Waals surface area contributed by atoms with Crippen molar-refractivity contribution < 1.29 is 5.48 Å². The molecule has 102 valence electrons. The van der Waals surface area contributed by atoms with Crippen LogP contribution in [0.5, 0.6) is 0 Å². The summed E-state index contributed by atoms with van der Waals surface area (Å²) < 4.78 is 33.4. The van der Waals surface area contributed by atoms with Crippen molar-refractivity contribution in [2.75, 3.05) is 0 Å². The highest BCUT2D eigenvalue weighted by molar-refractivity contribution is 5.31. The molecule has 1 aliphatic rings.